The van der Waals surface area contributed by atoms with Gasteiger partial charge in [-0.15, -0.1) is 0 Å². The number of aryl methyl sites for hydroxylation is 1. The van der Waals surface area contributed by atoms with Gasteiger partial charge in [-0.25, -0.2) is 4.98 Å². The van der Waals surface area contributed by atoms with Crippen molar-refractivity contribution in [1.82, 2.24) is 14.5 Å². The quantitative estimate of drug-likeness (QED) is 0.266. The zero-order chi connectivity index (χ0) is 25.5. The number of carbonyl (C=O) groups excluding carboxylic acids is 1. The number of anilines is 2. The van der Waals surface area contributed by atoms with E-state index in [-0.39, 0.29) is 0 Å². The highest BCUT2D eigenvalue weighted by atomic mass is 16.5. The molecule has 0 aliphatic heterocycles. The monoisotopic (exact) mass is 488 g/mol. The average molecular weight is 489 g/mol. The summed E-state index contributed by atoms with van der Waals surface area (Å²) in [4.78, 5) is 21.4. The third-order valence-electron chi connectivity index (χ3n) is 6.04. The summed E-state index contributed by atoms with van der Waals surface area (Å²) in [5.74, 6) is 2.35. The molecule has 0 radical (unpaired) electrons. The third-order valence-corrected chi connectivity index (χ3v) is 6.04. The lowest BCUT2D eigenvalue weighted by molar-refractivity contribution is -0.119. The van der Waals surface area contributed by atoms with Crippen molar-refractivity contribution in [2.24, 2.45) is 0 Å². The van der Waals surface area contributed by atoms with E-state index >= 15 is 0 Å². The van der Waals surface area contributed by atoms with Gasteiger partial charge in [0.15, 0.2) is 11.5 Å². The molecule has 0 atom stereocenters. The van der Waals surface area contributed by atoms with Crippen LogP contribution in [0.3, 0.4) is 0 Å². The number of ether oxygens (including phenoxy) is 3. The largest absolute Gasteiger partial charge is 0.493 e. The summed E-state index contributed by atoms with van der Waals surface area (Å²) in [5, 5.41) is 4.16. The van der Waals surface area contributed by atoms with E-state index in [0.29, 0.717) is 47.5 Å². The molecule has 2 aromatic carbocycles. The van der Waals surface area contributed by atoms with Gasteiger partial charge in [0.1, 0.15) is 11.4 Å². The Labute approximate surface area is 211 Å². The number of nitrogens with one attached hydrogen (secondary N) is 1. The molecule has 0 aliphatic carbocycles. The number of Topliss-reactive ketones (excluding diaryl/α,β-unsaturated/α-hetero) is 1. The minimum absolute atomic E-state index is 0.323. The number of fused-ring (bicyclic) bond motifs is 1. The number of ketones is 1. The summed E-state index contributed by atoms with van der Waals surface area (Å²) in [6, 6.07) is 13.8. The maximum Gasteiger partial charge on any atom is 0.229 e. The first-order valence-corrected chi connectivity index (χ1v) is 12.1. The van der Waals surface area contributed by atoms with Crippen molar-refractivity contribution in [2.45, 2.75) is 39.0 Å². The fraction of sp³-hybridized carbons (Fsp3) is 0.321. The van der Waals surface area contributed by atoms with Crippen LogP contribution in [0, 0.1) is 0 Å². The molecule has 0 saturated carbocycles. The van der Waals surface area contributed by atoms with Crippen LogP contribution >= 0.6 is 0 Å². The van der Waals surface area contributed by atoms with Crippen LogP contribution in [-0.2, 0) is 11.2 Å². The number of aromatic nitrogens is 3. The molecule has 8 heteroatoms. The Bertz CT molecular complexity index is 1320. The molecule has 0 aliphatic rings. The SMILES string of the molecule is CCCCC(=O)CCc1cccc(-n2ccc3cnc(Nc4cc(OC)c(OC)c(OC)c4)nc32)c1. The molecule has 4 aromatic rings. The van der Waals surface area contributed by atoms with Crippen LogP contribution in [0.2, 0.25) is 0 Å². The summed E-state index contributed by atoms with van der Waals surface area (Å²) in [7, 11) is 4.72. The van der Waals surface area contributed by atoms with E-state index in [1.165, 1.54) is 0 Å². The zero-order valence-electron chi connectivity index (χ0n) is 21.2. The normalized spacial score (nSPS) is 10.9. The smallest absolute Gasteiger partial charge is 0.229 e. The minimum atomic E-state index is 0.323. The Morgan fingerprint density at radius 1 is 1.00 bits per heavy atom. The number of methoxy groups -OCH3 is 3. The second kappa shape index (κ2) is 11.6. The number of rotatable bonds is 12. The lowest BCUT2D eigenvalue weighted by atomic mass is 10.0. The fourth-order valence-corrected chi connectivity index (χ4v) is 4.11. The lowest BCUT2D eigenvalue weighted by Gasteiger charge is -2.14. The average Bonchev–Trinajstić information content (AvgIpc) is 3.33. The van der Waals surface area contributed by atoms with Crippen LogP contribution < -0.4 is 19.5 Å². The molecule has 0 amide bonds. The molecule has 0 fully saturated rings. The van der Waals surface area contributed by atoms with Gasteiger partial charge in [0, 0.05) is 54.1 Å². The maximum absolute atomic E-state index is 12.1. The Hall–Kier alpha value is -4.07. The first-order chi connectivity index (χ1) is 17.6. The van der Waals surface area contributed by atoms with Crippen LogP contribution in [0.4, 0.5) is 11.6 Å². The fourth-order valence-electron chi connectivity index (χ4n) is 4.11. The molecule has 2 heterocycles. The predicted molar refractivity (Wildman–Crippen MR) is 141 cm³/mol. The van der Waals surface area contributed by atoms with Crippen molar-refractivity contribution >= 4 is 28.5 Å². The van der Waals surface area contributed by atoms with Gasteiger partial charge in [-0.05, 0) is 36.6 Å². The Morgan fingerprint density at radius 2 is 1.78 bits per heavy atom. The molecule has 0 bridgehead atoms. The third kappa shape index (κ3) is 5.59. The summed E-state index contributed by atoms with van der Waals surface area (Å²) >= 11 is 0. The second-order valence-electron chi connectivity index (χ2n) is 8.51. The topological polar surface area (TPSA) is 87.5 Å². The Morgan fingerprint density at radius 3 is 2.47 bits per heavy atom. The van der Waals surface area contributed by atoms with Gasteiger partial charge in [-0.2, -0.15) is 4.98 Å². The first kappa shape index (κ1) is 25.0. The van der Waals surface area contributed by atoms with E-state index < -0.39 is 0 Å². The van der Waals surface area contributed by atoms with E-state index in [1.807, 2.05) is 29.0 Å². The zero-order valence-corrected chi connectivity index (χ0v) is 21.2. The molecule has 36 heavy (non-hydrogen) atoms. The number of carbonyl (C=O) groups is 1. The van der Waals surface area contributed by atoms with Gasteiger partial charge in [0.25, 0.3) is 0 Å². The molecule has 1 N–H and O–H groups in total. The molecule has 0 saturated heterocycles. The van der Waals surface area contributed by atoms with E-state index in [2.05, 4.69) is 29.4 Å². The van der Waals surface area contributed by atoms with Crippen molar-refractivity contribution in [3.05, 3.63) is 60.4 Å². The van der Waals surface area contributed by atoms with Crippen LogP contribution in [0.1, 0.15) is 38.2 Å². The van der Waals surface area contributed by atoms with E-state index in [4.69, 9.17) is 19.2 Å². The highest BCUT2D eigenvalue weighted by molar-refractivity contribution is 5.80. The van der Waals surface area contributed by atoms with Gasteiger partial charge in [-0.1, -0.05) is 25.5 Å². The predicted octanol–water partition coefficient (Wildman–Crippen LogP) is 5.88. The summed E-state index contributed by atoms with van der Waals surface area (Å²) in [6.07, 6.45) is 7.74. The molecule has 4 rings (SSSR count). The second-order valence-corrected chi connectivity index (χ2v) is 8.51. The van der Waals surface area contributed by atoms with Gasteiger partial charge >= 0.3 is 0 Å². The Balaban J connectivity index is 1.59. The summed E-state index contributed by atoms with van der Waals surface area (Å²) < 4.78 is 18.3. The lowest BCUT2D eigenvalue weighted by Crippen LogP contribution is -2.02. The van der Waals surface area contributed by atoms with Crippen molar-refractivity contribution in [3.8, 4) is 22.9 Å². The van der Waals surface area contributed by atoms with Crippen molar-refractivity contribution in [3.63, 3.8) is 0 Å². The van der Waals surface area contributed by atoms with Crippen LogP contribution in [0.5, 0.6) is 17.2 Å². The van der Waals surface area contributed by atoms with Crippen molar-refractivity contribution < 1.29 is 19.0 Å². The van der Waals surface area contributed by atoms with Crippen molar-refractivity contribution in [1.29, 1.82) is 0 Å². The number of hydrogen-bond acceptors (Lipinski definition) is 7. The van der Waals surface area contributed by atoms with Gasteiger partial charge in [0.05, 0.1) is 21.3 Å². The van der Waals surface area contributed by atoms with Gasteiger partial charge in [-0.3, -0.25) is 4.79 Å². The minimum Gasteiger partial charge on any atom is -0.493 e. The molecular formula is C28H32N4O4. The van der Waals surface area contributed by atoms with Crippen molar-refractivity contribution in [2.75, 3.05) is 26.6 Å². The van der Waals surface area contributed by atoms with Gasteiger partial charge < -0.3 is 24.1 Å². The van der Waals surface area contributed by atoms with E-state index in [0.717, 1.165) is 41.5 Å². The van der Waals surface area contributed by atoms with E-state index in [9.17, 15) is 4.79 Å². The number of benzene rings is 2. The van der Waals surface area contributed by atoms with E-state index in [1.54, 1.807) is 39.7 Å². The highest BCUT2D eigenvalue weighted by Crippen LogP contribution is 2.40. The molecular weight excluding hydrogens is 456 g/mol. The number of unbranched alkanes of at least 4 members (excludes halogenated alkanes) is 1. The first-order valence-electron chi connectivity index (χ1n) is 12.1. The summed E-state index contributed by atoms with van der Waals surface area (Å²) in [6.45, 7) is 2.10. The van der Waals surface area contributed by atoms with Gasteiger partial charge in [0.2, 0.25) is 11.7 Å². The Kier molecular flexibility index (Phi) is 8.05. The van der Waals surface area contributed by atoms with Crippen LogP contribution in [0.15, 0.2) is 54.9 Å². The highest BCUT2D eigenvalue weighted by Gasteiger charge is 2.15. The number of nitrogens with zero attached hydrogens (tertiary/aromatic N) is 3. The molecule has 188 valence electrons. The molecule has 0 spiro atoms. The number of hydrogen-bond donors (Lipinski definition) is 1. The van der Waals surface area contributed by atoms with Crippen LogP contribution in [0.25, 0.3) is 16.7 Å². The molecule has 2 aromatic heterocycles. The van der Waals surface area contributed by atoms with Crippen LogP contribution in [-0.4, -0.2) is 41.6 Å². The molecule has 8 nitrogen and oxygen atoms in total. The maximum atomic E-state index is 12.1. The standard InChI is InChI=1S/C28H32N4O4/c1-5-6-10-23(33)12-11-19-8-7-9-22(15-19)32-14-13-20-18-29-28(31-27(20)32)30-21-16-24(34-2)26(36-4)25(17-21)35-3/h7-9,13-18H,5-6,10-12H2,1-4H3,(H,29,30,31). The molecule has 0 unspecified atom stereocenters. The summed E-state index contributed by atoms with van der Waals surface area (Å²) in [5.41, 5.74) is 3.60.